The lowest BCUT2D eigenvalue weighted by molar-refractivity contribution is 0.432. The van der Waals surface area contributed by atoms with Crippen LogP contribution >= 0.6 is 11.5 Å². The van der Waals surface area contributed by atoms with Gasteiger partial charge in [-0.25, -0.2) is 0 Å². The van der Waals surface area contributed by atoms with Crippen LogP contribution < -0.4 is 5.73 Å². The summed E-state index contributed by atoms with van der Waals surface area (Å²) >= 11 is 1.22. The molecular formula is C12H11N5OS. The van der Waals surface area contributed by atoms with E-state index in [2.05, 4.69) is 19.5 Å². The smallest absolute Gasteiger partial charge is 0.263 e. The number of rotatable bonds is 2. The van der Waals surface area contributed by atoms with Crippen LogP contribution in [0.3, 0.4) is 0 Å². The highest BCUT2D eigenvalue weighted by molar-refractivity contribution is 7.10. The molecule has 0 aliphatic carbocycles. The maximum absolute atomic E-state index is 5.86. The van der Waals surface area contributed by atoms with Crippen LogP contribution in [0.25, 0.3) is 23.0 Å². The van der Waals surface area contributed by atoms with E-state index >= 15 is 0 Å². The first-order valence-electron chi connectivity index (χ1n) is 5.64. The summed E-state index contributed by atoms with van der Waals surface area (Å²) < 4.78 is 9.41. The van der Waals surface area contributed by atoms with Gasteiger partial charge in [-0.2, -0.15) is 9.36 Å². The van der Waals surface area contributed by atoms with Crippen LogP contribution in [0.2, 0.25) is 0 Å². The molecule has 0 saturated heterocycles. The number of aromatic nitrogens is 4. The molecule has 0 aliphatic rings. The van der Waals surface area contributed by atoms with Gasteiger partial charge in [0.05, 0.1) is 11.3 Å². The molecule has 0 amide bonds. The Hall–Kier alpha value is -2.28. The second kappa shape index (κ2) is 4.43. The predicted molar refractivity (Wildman–Crippen MR) is 72.5 cm³/mol. The molecule has 0 radical (unpaired) electrons. The van der Waals surface area contributed by atoms with Gasteiger partial charge in [-0.1, -0.05) is 5.16 Å². The third kappa shape index (κ3) is 2.08. The number of hydrogen-bond acceptors (Lipinski definition) is 7. The van der Waals surface area contributed by atoms with Crippen molar-refractivity contribution < 1.29 is 4.52 Å². The first kappa shape index (κ1) is 11.8. The molecule has 0 atom stereocenters. The van der Waals surface area contributed by atoms with Crippen molar-refractivity contribution in [2.24, 2.45) is 0 Å². The van der Waals surface area contributed by atoms with E-state index in [1.807, 2.05) is 26.0 Å². The molecule has 3 aromatic heterocycles. The number of pyridine rings is 1. The summed E-state index contributed by atoms with van der Waals surface area (Å²) in [4.78, 5) is 8.55. The highest BCUT2D eigenvalue weighted by atomic mass is 32.1. The summed E-state index contributed by atoms with van der Waals surface area (Å²) in [6.45, 7) is 3.84. The van der Waals surface area contributed by atoms with E-state index in [9.17, 15) is 0 Å². The van der Waals surface area contributed by atoms with Gasteiger partial charge in [0.15, 0.2) is 0 Å². The van der Waals surface area contributed by atoms with E-state index in [1.165, 1.54) is 11.5 Å². The van der Waals surface area contributed by atoms with Crippen molar-refractivity contribution in [3.8, 4) is 23.0 Å². The monoisotopic (exact) mass is 273 g/mol. The molecule has 19 heavy (non-hydrogen) atoms. The van der Waals surface area contributed by atoms with Crippen molar-refractivity contribution in [2.75, 3.05) is 5.73 Å². The maximum atomic E-state index is 5.86. The lowest BCUT2D eigenvalue weighted by Crippen LogP contribution is -1.88. The second-order valence-corrected chi connectivity index (χ2v) is 4.95. The average Bonchev–Trinajstić information content (AvgIpc) is 2.97. The fraction of sp³-hybridized carbons (Fsp3) is 0.167. The molecule has 6 nitrogen and oxygen atoms in total. The van der Waals surface area contributed by atoms with E-state index in [1.54, 1.807) is 6.20 Å². The van der Waals surface area contributed by atoms with Crippen LogP contribution in [-0.2, 0) is 0 Å². The summed E-state index contributed by atoms with van der Waals surface area (Å²) in [7, 11) is 0. The zero-order valence-electron chi connectivity index (χ0n) is 10.4. The molecule has 0 spiro atoms. The predicted octanol–water partition coefficient (Wildman–Crippen LogP) is 2.45. The van der Waals surface area contributed by atoms with Crippen molar-refractivity contribution in [1.29, 1.82) is 0 Å². The molecule has 96 valence electrons. The van der Waals surface area contributed by atoms with Crippen molar-refractivity contribution >= 4 is 16.5 Å². The minimum atomic E-state index is 0.377. The summed E-state index contributed by atoms with van der Waals surface area (Å²) in [6, 6.07) is 3.81. The molecular weight excluding hydrogens is 262 g/mol. The maximum Gasteiger partial charge on any atom is 0.263 e. The van der Waals surface area contributed by atoms with E-state index in [4.69, 9.17) is 10.3 Å². The van der Waals surface area contributed by atoms with Gasteiger partial charge in [0, 0.05) is 6.20 Å². The molecule has 3 aromatic rings. The zero-order chi connectivity index (χ0) is 13.4. The van der Waals surface area contributed by atoms with E-state index in [0.29, 0.717) is 28.0 Å². The first-order chi connectivity index (χ1) is 9.15. The Morgan fingerprint density at radius 3 is 2.84 bits per heavy atom. The molecule has 3 heterocycles. The molecule has 0 saturated carbocycles. The number of hydrogen-bond donors (Lipinski definition) is 1. The quantitative estimate of drug-likeness (QED) is 0.771. The van der Waals surface area contributed by atoms with Crippen molar-refractivity contribution in [2.45, 2.75) is 13.8 Å². The van der Waals surface area contributed by atoms with Gasteiger partial charge in [0.1, 0.15) is 10.7 Å². The highest BCUT2D eigenvalue weighted by Gasteiger charge is 2.18. The standard InChI is InChI=1S/C12H11N5OS/c1-6-3-4-14-8(5-6)11-15-12(18-16-11)9-7(2)17-19-10(9)13/h3-5H,13H2,1-2H3. The van der Waals surface area contributed by atoms with Crippen molar-refractivity contribution in [3.05, 3.63) is 29.6 Å². The highest BCUT2D eigenvalue weighted by Crippen LogP contribution is 2.31. The van der Waals surface area contributed by atoms with E-state index in [-0.39, 0.29) is 0 Å². The summed E-state index contributed by atoms with van der Waals surface area (Å²) in [6.07, 6.45) is 1.71. The molecule has 0 unspecified atom stereocenters. The van der Waals surface area contributed by atoms with Gasteiger partial charge in [-0.05, 0) is 43.1 Å². The molecule has 0 fully saturated rings. The molecule has 0 bridgehead atoms. The third-order valence-electron chi connectivity index (χ3n) is 2.67. The van der Waals surface area contributed by atoms with Crippen LogP contribution in [0.15, 0.2) is 22.9 Å². The van der Waals surface area contributed by atoms with Gasteiger partial charge in [-0.3, -0.25) is 4.98 Å². The molecule has 2 N–H and O–H groups in total. The Morgan fingerprint density at radius 2 is 2.16 bits per heavy atom. The second-order valence-electron chi connectivity index (χ2n) is 4.15. The summed E-state index contributed by atoms with van der Waals surface area (Å²) in [5.74, 6) is 0.825. The van der Waals surface area contributed by atoms with E-state index in [0.717, 1.165) is 11.3 Å². The van der Waals surface area contributed by atoms with Crippen molar-refractivity contribution in [3.63, 3.8) is 0 Å². The van der Waals surface area contributed by atoms with Crippen LogP contribution in [0, 0.1) is 13.8 Å². The van der Waals surface area contributed by atoms with Crippen LogP contribution in [0.4, 0.5) is 5.00 Å². The molecule has 7 heteroatoms. The minimum absolute atomic E-state index is 0.377. The summed E-state index contributed by atoms with van der Waals surface area (Å²) in [5.41, 5.74) is 9.11. The van der Waals surface area contributed by atoms with Crippen LogP contribution in [0.5, 0.6) is 0 Å². The average molecular weight is 273 g/mol. The Bertz CT molecular complexity index is 714. The Labute approximate surface area is 113 Å². The molecule has 0 aliphatic heterocycles. The Balaban J connectivity index is 2.05. The van der Waals surface area contributed by atoms with Crippen LogP contribution in [-0.4, -0.2) is 19.5 Å². The SMILES string of the molecule is Cc1ccnc(-c2noc(-c3c(C)nsc3N)n2)c1. The van der Waals surface area contributed by atoms with Gasteiger partial charge in [0.25, 0.3) is 5.89 Å². The normalized spacial score (nSPS) is 10.8. The molecule has 3 rings (SSSR count). The number of nitrogens with two attached hydrogens (primary N) is 1. The summed E-state index contributed by atoms with van der Waals surface area (Å²) in [5, 5.41) is 4.51. The van der Waals surface area contributed by atoms with Gasteiger partial charge < -0.3 is 10.3 Å². The number of anilines is 1. The number of nitrogen functional groups attached to an aromatic ring is 1. The largest absolute Gasteiger partial charge is 0.389 e. The number of aryl methyl sites for hydroxylation is 2. The first-order valence-corrected chi connectivity index (χ1v) is 6.41. The lowest BCUT2D eigenvalue weighted by atomic mass is 10.2. The zero-order valence-corrected chi connectivity index (χ0v) is 11.2. The Kier molecular flexibility index (Phi) is 2.75. The fourth-order valence-electron chi connectivity index (χ4n) is 1.73. The van der Waals surface area contributed by atoms with E-state index < -0.39 is 0 Å². The fourth-order valence-corrected chi connectivity index (χ4v) is 2.39. The lowest BCUT2D eigenvalue weighted by Gasteiger charge is -1.94. The topological polar surface area (TPSA) is 90.7 Å². The number of nitrogens with zero attached hydrogens (tertiary/aromatic N) is 4. The molecule has 0 aromatic carbocycles. The minimum Gasteiger partial charge on any atom is -0.389 e. The Morgan fingerprint density at radius 1 is 1.32 bits per heavy atom. The van der Waals surface area contributed by atoms with Crippen LogP contribution in [0.1, 0.15) is 11.3 Å². The third-order valence-corrected chi connectivity index (χ3v) is 3.44. The van der Waals surface area contributed by atoms with Gasteiger partial charge in [-0.15, -0.1) is 0 Å². The van der Waals surface area contributed by atoms with Gasteiger partial charge >= 0.3 is 0 Å². The van der Waals surface area contributed by atoms with Gasteiger partial charge in [0.2, 0.25) is 5.82 Å². The van der Waals surface area contributed by atoms with Crippen molar-refractivity contribution in [1.82, 2.24) is 19.5 Å².